The molecular weight excluding hydrogens is 271 g/mol. The SMILES string of the molecule is CCC1(C)NC(c2ccccc2F)N(C2CCOC2)C1=O. The Labute approximate surface area is 124 Å². The first-order chi connectivity index (χ1) is 10.1. The first-order valence-corrected chi connectivity index (χ1v) is 7.49. The Hall–Kier alpha value is -1.46. The molecule has 3 atom stereocenters. The molecule has 0 aromatic heterocycles. The van der Waals surface area contributed by atoms with Crippen molar-refractivity contribution in [2.75, 3.05) is 13.2 Å². The molecule has 3 rings (SSSR count). The highest BCUT2D eigenvalue weighted by molar-refractivity contribution is 5.89. The van der Waals surface area contributed by atoms with Gasteiger partial charge in [0, 0.05) is 12.2 Å². The lowest BCUT2D eigenvalue weighted by molar-refractivity contribution is -0.135. The van der Waals surface area contributed by atoms with Crippen molar-refractivity contribution in [1.29, 1.82) is 0 Å². The Kier molecular flexibility index (Phi) is 3.71. The Morgan fingerprint density at radius 1 is 1.48 bits per heavy atom. The average molecular weight is 292 g/mol. The van der Waals surface area contributed by atoms with Crippen molar-refractivity contribution in [3.63, 3.8) is 0 Å². The minimum absolute atomic E-state index is 0.0166. The zero-order chi connectivity index (χ0) is 15.0. The van der Waals surface area contributed by atoms with Gasteiger partial charge in [0.15, 0.2) is 0 Å². The van der Waals surface area contributed by atoms with E-state index in [1.165, 1.54) is 6.07 Å². The minimum Gasteiger partial charge on any atom is -0.379 e. The highest BCUT2D eigenvalue weighted by Gasteiger charge is 2.50. The molecule has 1 amide bonds. The van der Waals surface area contributed by atoms with Crippen molar-refractivity contribution in [2.24, 2.45) is 0 Å². The van der Waals surface area contributed by atoms with E-state index in [1.807, 2.05) is 13.8 Å². The topological polar surface area (TPSA) is 41.6 Å². The quantitative estimate of drug-likeness (QED) is 0.929. The summed E-state index contributed by atoms with van der Waals surface area (Å²) in [5.74, 6) is -0.249. The van der Waals surface area contributed by atoms with Gasteiger partial charge in [0.25, 0.3) is 0 Å². The molecule has 3 unspecified atom stereocenters. The molecular formula is C16H21FN2O2. The molecule has 21 heavy (non-hydrogen) atoms. The summed E-state index contributed by atoms with van der Waals surface area (Å²) in [4.78, 5) is 14.6. The summed E-state index contributed by atoms with van der Waals surface area (Å²) in [6.45, 7) is 5.04. The third kappa shape index (κ3) is 2.34. The van der Waals surface area contributed by atoms with Crippen LogP contribution < -0.4 is 5.32 Å². The second-order valence-corrected chi connectivity index (χ2v) is 5.98. The summed E-state index contributed by atoms with van der Waals surface area (Å²) in [5.41, 5.74) is -0.120. The number of halogens is 1. The van der Waals surface area contributed by atoms with Crippen LogP contribution in [0.5, 0.6) is 0 Å². The lowest BCUT2D eigenvalue weighted by Gasteiger charge is -2.29. The highest BCUT2D eigenvalue weighted by atomic mass is 19.1. The maximum atomic E-state index is 14.2. The monoisotopic (exact) mass is 292 g/mol. The van der Waals surface area contributed by atoms with Gasteiger partial charge in [-0.15, -0.1) is 0 Å². The Morgan fingerprint density at radius 2 is 2.24 bits per heavy atom. The van der Waals surface area contributed by atoms with E-state index in [0.717, 1.165) is 6.42 Å². The van der Waals surface area contributed by atoms with Crippen molar-refractivity contribution >= 4 is 5.91 Å². The number of rotatable bonds is 3. The van der Waals surface area contributed by atoms with Crippen LogP contribution in [0.2, 0.25) is 0 Å². The Morgan fingerprint density at radius 3 is 2.86 bits per heavy atom. The second kappa shape index (κ2) is 5.39. The number of carbonyl (C=O) groups is 1. The van der Waals surface area contributed by atoms with Gasteiger partial charge in [-0.1, -0.05) is 25.1 Å². The van der Waals surface area contributed by atoms with Gasteiger partial charge in [-0.05, 0) is 25.8 Å². The van der Waals surface area contributed by atoms with E-state index in [9.17, 15) is 9.18 Å². The van der Waals surface area contributed by atoms with Crippen LogP contribution in [0.25, 0.3) is 0 Å². The molecule has 114 valence electrons. The number of benzene rings is 1. The van der Waals surface area contributed by atoms with Crippen LogP contribution in [0.15, 0.2) is 24.3 Å². The van der Waals surface area contributed by atoms with Crippen LogP contribution >= 0.6 is 0 Å². The van der Waals surface area contributed by atoms with Crippen molar-refractivity contribution in [1.82, 2.24) is 10.2 Å². The standard InChI is InChI=1S/C16H21FN2O2/c1-3-16(2)15(20)19(11-8-9-21-10-11)14(18-16)12-6-4-5-7-13(12)17/h4-7,11,14,18H,3,8-10H2,1-2H3. The van der Waals surface area contributed by atoms with E-state index in [2.05, 4.69) is 5.32 Å². The average Bonchev–Trinajstić information content (AvgIpc) is 3.08. The number of hydrogen-bond donors (Lipinski definition) is 1. The van der Waals surface area contributed by atoms with E-state index < -0.39 is 11.7 Å². The Balaban J connectivity index is 2.00. The van der Waals surface area contributed by atoms with Gasteiger partial charge < -0.3 is 9.64 Å². The summed E-state index contributed by atoms with van der Waals surface area (Å²) < 4.78 is 19.6. The lowest BCUT2D eigenvalue weighted by Crippen LogP contribution is -2.45. The summed E-state index contributed by atoms with van der Waals surface area (Å²) in [6.07, 6.45) is 1.05. The molecule has 0 bridgehead atoms. The highest BCUT2D eigenvalue weighted by Crippen LogP contribution is 2.36. The zero-order valence-electron chi connectivity index (χ0n) is 12.4. The number of ether oxygens (including phenoxy) is 1. The molecule has 5 heteroatoms. The molecule has 2 fully saturated rings. The van der Waals surface area contributed by atoms with Crippen LogP contribution in [-0.2, 0) is 9.53 Å². The number of hydrogen-bond acceptors (Lipinski definition) is 3. The van der Waals surface area contributed by atoms with Crippen LogP contribution in [0, 0.1) is 5.82 Å². The predicted octanol–water partition coefficient (Wildman–Crippen LogP) is 2.21. The third-order valence-corrected chi connectivity index (χ3v) is 4.65. The molecule has 4 nitrogen and oxygen atoms in total. The largest absolute Gasteiger partial charge is 0.379 e. The predicted molar refractivity (Wildman–Crippen MR) is 77.0 cm³/mol. The number of carbonyl (C=O) groups excluding carboxylic acids is 1. The molecule has 2 aliphatic heterocycles. The van der Waals surface area contributed by atoms with E-state index in [-0.39, 0.29) is 17.8 Å². The lowest BCUT2D eigenvalue weighted by atomic mass is 9.99. The van der Waals surface area contributed by atoms with Crippen molar-refractivity contribution in [2.45, 2.75) is 44.4 Å². The molecule has 1 N–H and O–H groups in total. The first-order valence-electron chi connectivity index (χ1n) is 7.49. The van der Waals surface area contributed by atoms with Crippen LogP contribution in [0.3, 0.4) is 0 Å². The molecule has 2 saturated heterocycles. The fraction of sp³-hybridized carbons (Fsp3) is 0.562. The van der Waals surface area contributed by atoms with Gasteiger partial charge in [-0.2, -0.15) is 0 Å². The molecule has 1 aromatic rings. The summed E-state index contributed by atoms with van der Waals surface area (Å²) in [7, 11) is 0. The van der Waals surface area contributed by atoms with Gasteiger partial charge in [0.1, 0.15) is 12.0 Å². The second-order valence-electron chi connectivity index (χ2n) is 5.98. The summed E-state index contributed by atoms with van der Waals surface area (Å²) in [5, 5.41) is 3.33. The minimum atomic E-state index is -0.643. The fourth-order valence-corrected chi connectivity index (χ4v) is 3.13. The molecule has 2 heterocycles. The van der Waals surface area contributed by atoms with Crippen LogP contribution in [-0.4, -0.2) is 35.6 Å². The molecule has 0 saturated carbocycles. The van der Waals surface area contributed by atoms with Crippen molar-refractivity contribution < 1.29 is 13.9 Å². The van der Waals surface area contributed by atoms with Gasteiger partial charge in [-0.3, -0.25) is 10.1 Å². The molecule has 2 aliphatic rings. The van der Waals surface area contributed by atoms with Crippen LogP contribution in [0.4, 0.5) is 4.39 Å². The van der Waals surface area contributed by atoms with Gasteiger partial charge >= 0.3 is 0 Å². The van der Waals surface area contributed by atoms with Gasteiger partial charge in [0.05, 0.1) is 18.2 Å². The summed E-state index contributed by atoms with van der Waals surface area (Å²) >= 11 is 0. The molecule has 0 radical (unpaired) electrons. The number of nitrogens with zero attached hydrogens (tertiary/aromatic N) is 1. The molecule has 1 aromatic carbocycles. The third-order valence-electron chi connectivity index (χ3n) is 4.65. The zero-order valence-corrected chi connectivity index (χ0v) is 12.4. The van der Waals surface area contributed by atoms with E-state index >= 15 is 0 Å². The van der Waals surface area contributed by atoms with E-state index in [1.54, 1.807) is 23.1 Å². The van der Waals surface area contributed by atoms with Crippen molar-refractivity contribution in [3.8, 4) is 0 Å². The van der Waals surface area contributed by atoms with E-state index in [4.69, 9.17) is 4.74 Å². The Bertz CT molecular complexity index is 545. The van der Waals surface area contributed by atoms with E-state index in [0.29, 0.717) is 25.2 Å². The number of nitrogens with one attached hydrogen (secondary N) is 1. The fourth-order valence-electron chi connectivity index (χ4n) is 3.13. The number of amides is 1. The molecule has 0 aliphatic carbocycles. The maximum absolute atomic E-state index is 14.2. The summed E-state index contributed by atoms with van der Waals surface area (Å²) in [6, 6.07) is 6.66. The van der Waals surface area contributed by atoms with Gasteiger partial charge in [-0.25, -0.2) is 4.39 Å². The van der Waals surface area contributed by atoms with Crippen molar-refractivity contribution in [3.05, 3.63) is 35.6 Å². The molecule has 0 spiro atoms. The maximum Gasteiger partial charge on any atom is 0.244 e. The normalized spacial score (nSPS) is 32.9. The van der Waals surface area contributed by atoms with Crippen LogP contribution in [0.1, 0.15) is 38.4 Å². The van der Waals surface area contributed by atoms with Gasteiger partial charge in [0.2, 0.25) is 5.91 Å². The smallest absolute Gasteiger partial charge is 0.244 e. The first kappa shape index (κ1) is 14.5.